The molecule has 1 aromatic rings. The summed E-state index contributed by atoms with van der Waals surface area (Å²) >= 11 is 0. The number of nitrogens with zero attached hydrogens (tertiary/aromatic N) is 2. The lowest BCUT2D eigenvalue weighted by Crippen LogP contribution is -2.17. The Bertz CT molecular complexity index is 394. The molecule has 4 nitrogen and oxygen atoms in total. The van der Waals surface area contributed by atoms with E-state index in [1.54, 1.807) is 4.68 Å². The molecule has 0 bridgehead atoms. The van der Waals surface area contributed by atoms with E-state index in [4.69, 9.17) is 11.6 Å². The van der Waals surface area contributed by atoms with Gasteiger partial charge in [-0.3, -0.25) is 0 Å². The molecule has 1 heterocycles. The molecule has 0 aromatic carbocycles. The second-order valence-corrected chi connectivity index (χ2v) is 5.73. The van der Waals surface area contributed by atoms with Crippen molar-refractivity contribution in [1.82, 2.24) is 9.66 Å². The number of nitrogens with two attached hydrogens (primary N) is 2. The first kappa shape index (κ1) is 12.3. The van der Waals surface area contributed by atoms with E-state index in [1.165, 1.54) is 25.7 Å². The second-order valence-electron chi connectivity index (χ2n) is 5.73. The molecule has 0 saturated heterocycles. The monoisotopic (exact) mass is 236 g/mol. The molecule has 17 heavy (non-hydrogen) atoms. The van der Waals surface area contributed by atoms with E-state index in [-0.39, 0.29) is 0 Å². The maximum absolute atomic E-state index is 6.09. The van der Waals surface area contributed by atoms with Crippen LogP contribution in [0.25, 0.3) is 0 Å². The first-order valence-corrected chi connectivity index (χ1v) is 6.63. The molecule has 4 N–H and O–H groups in total. The number of imidazole rings is 1. The number of nitrogen functional groups attached to an aromatic ring is 2. The highest BCUT2D eigenvalue weighted by Crippen LogP contribution is 2.38. The molecular weight excluding hydrogens is 212 g/mol. The van der Waals surface area contributed by atoms with E-state index in [0.717, 1.165) is 17.4 Å². The van der Waals surface area contributed by atoms with Gasteiger partial charge in [-0.2, -0.15) is 0 Å². The van der Waals surface area contributed by atoms with E-state index in [2.05, 4.69) is 25.8 Å². The van der Waals surface area contributed by atoms with Crippen LogP contribution in [-0.2, 0) is 0 Å². The Morgan fingerprint density at radius 3 is 2.59 bits per heavy atom. The fourth-order valence-electron chi connectivity index (χ4n) is 2.87. The average molecular weight is 236 g/mol. The van der Waals surface area contributed by atoms with Crippen LogP contribution in [0, 0.1) is 5.92 Å². The fourth-order valence-corrected chi connectivity index (χ4v) is 2.87. The summed E-state index contributed by atoms with van der Waals surface area (Å²) in [6, 6.07) is 0. The zero-order chi connectivity index (χ0) is 12.6. The Morgan fingerprint density at radius 2 is 2.06 bits per heavy atom. The molecular formula is C13H24N4. The molecule has 0 spiro atoms. The smallest absolute Gasteiger partial charge is 0.146 e. The summed E-state index contributed by atoms with van der Waals surface area (Å²) in [5.41, 5.74) is 7.12. The molecule has 1 aliphatic rings. The van der Waals surface area contributed by atoms with Crippen LogP contribution in [0.5, 0.6) is 0 Å². The summed E-state index contributed by atoms with van der Waals surface area (Å²) in [5.74, 6) is 9.13. The van der Waals surface area contributed by atoms with E-state index < -0.39 is 0 Å². The molecule has 1 aliphatic carbocycles. The van der Waals surface area contributed by atoms with Crippen molar-refractivity contribution in [3.05, 3.63) is 11.5 Å². The van der Waals surface area contributed by atoms with Crippen molar-refractivity contribution in [1.29, 1.82) is 0 Å². The van der Waals surface area contributed by atoms with Gasteiger partial charge >= 0.3 is 0 Å². The van der Waals surface area contributed by atoms with Crippen LogP contribution in [0.1, 0.15) is 69.8 Å². The van der Waals surface area contributed by atoms with E-state index in [9.17, 15) is 0 Å². The van der Waals surface area contributed by atoms with Crippen molar-refractivity contribution in [2.75, 3.05) is 11.6 Å². The Labute approximate surface area is 103 Å². The maximum Gasteiger partial charge on any atom is 0.146 e. The van der Waals surface area contributed by atoms with Crippen molar-refractivity contribution in [3.63, 3.8) is 0 Å². The van der Waals surface area contributed by atoms with Gasteiger partial charge < -0.3 is 11.6 Å². The zero-order valence-corrected chi connectivity index (χ0v) is 11.1. The van der Waals surface area contributed by atoms with Gasteiger partial charge in [0.15, 0.2) is 0 Å². The number of hydrogen-bond donors (Lipinski definition) is 2. The average Bonchev–Trinajstić information content (AvgIpc) is 2.56. The number of rotatable bonds is 2. The lowest BCUT2D eigenvalue weighted by Gasteiger charge is -2.25. The minimum Gasteiger partial charge on any atom is -0.382 e. The van der Waals surface area contributed by atoms with Crippen LogP contribution in [0.2, 0.25) is 0 Å². The highest BCUT2D eigenvalue weighted by atomic mass is 15.4. The fraction of sp³-hybridized carbons (Fsp3) is 0.769. The Hall–Kier alpha value is -1.19. The summed E-state index contributed by atoms with van der Waals surface area (Å²) in [6.45, 7) is 6.50. The van der Waals surface area contributed by atoms with Crippen molar-refractivity contribution < 1.29 is 0 Å². The number of anilines is 1. The summed E-state index contributed by atoms with van der Waals surface area (Å²) < 4.78 is 1.57. The molecule has 1 aromatic heterocycles. The van der Waals surface area contributed by atoms with E-state index in [1.807, 2.05) is 0 Å². The molecule has 1 fully saturated rings. The lowest BCUT2D eigenvalue weighted by atomic mass is 9.81. The number of aromatic nitrogens is 2. The quantitative estimate of drug-likeness (QED) is 0.775. The van der Waals surface area contributed by atoms with Gasteiger partial charge in [0, 0.05) is 11.8 Å². The highest BCUT2D eigenvalue weighted by molar-refractivity contribution is 5.41. The molecule has 0 amide bonds. The van der Waals surface area contributed by atoms with Crippen molar-refractivity contribution >= 4 is 5.82 Å². The third-order valence-corrected chi connectivity index (χ3v) is 3.84. The summed E-state index contributed by atoms with van der Waals surface area (Å²) in [7, 11) is 0. The van der Waals surface area contributed by atoms with Gasteiger partial charge in [0.25, 0.3) is 0 Å². The van der Waals surface area contributed by atoms with E-state index >= 15 is 0 Å². The number of hydrogen-bond acceptors (Lipinski definition) is 3. The molecule has 4 heteroatoms. The van der Waals surface area contributed by atoms with Gasteiger partial charge in [-0.1, -0.05) is 33.6 Å². The topological polar surface area (TPSA) is 69.9 Å². The van der Waals surface area contributed by atoms with Crippen molar-refractivity contribution in [2.24, 2.45) is 5.92 Å². The molecule has 2 rings (SSSR count). The normalized spacial score (nSPS) is 25.4. The van der Waals surface area contributed by atoms with Gasteiger partial charge in [0.2, 0.25) is 0 Å². The zero-order valence-electron chi connectivity index (χ0n) is 11.1. The predicted octanol–water partition coefficient (Wildman–Crippen LogP) is 2.60. The second kappa shape index (κ2) is 4.59. The molecule has 2 atom stereocenters. The maximum atomic E-state index is 6.09. The van der Waals surface area contributed by atoms with Gasteiger partial charge in [-0.15, -0.1) is 0 Å². The van der Waals surface area contributed by atoms with Crippen LogP contribution in [0.4, 0.5) is 5.82 Å². The third-order valence-electron chi connectivity index (χ3n) is 3.84. The standard InChI is InChI=1S/C13H24N4/c1-8(2)13-16-11(12(14)17(13)15)10-6-4-5-9(3)7-10/h8-10H,4-7,14-15H2,1-3H3. The van der Waals surface area contributed by atoms with Gasteiger partial charge in [-0.25, -0.2) is 9.66 Å². The first-order valence-electron chi connectivity index (χ1n) is 6.63. The Kier molecular flexibility index (Phi) is 3.31. The minimum absolute atomic E-state index is 0.317. The Morgan fingerprint density at radius 1 is 1.35 bits per heavy atom. The third kappa shape index (κ3) is 2.26. The molecule has 0 radical (unpaired) electrons. The van der Waals surface area contributed by atoms with Gasteiger partial charge in [0.05, 0.1) is 5.69 Å². The summed E-state index contributed by atoms with van der Waals surface area (Å²) in [4.78, 5) is 4.68. The van der Waals surface area contributed by atoms with Crippen LogP contribution in [0.15, 0.2) is 0 Å². The van der Waals surface area contributed by atoms with Crippen LogP contribution < -0.4 is 11.6 Å². The molecule has 0 aliphatic heterocycles. The van der Waals surface area contributed by atoms with E-state index in [0.29, 0.717) is 17.7 Å². The van der Waals surface area contributed by atoms with Gasteiger partial charge in [0.1, 0.15) is 11.6 Å². The van der Waals surface area contributed by atoms with Crippen LogP contribution in [0.3, 0.4) is 0 Å². The molecule has 96 valence electrons. The highest BCUT2D eigenvalue weighted by Gasteiger charge is 2.26. The minimum atomic E-state index is 0.317. The predicted molar refractivity (Wildman–Crippen MR) is 71.3 cm³/mol. The summed E-state index contributed by atoms with van der Waals surface area (Å²) in [5, 5.41) is 0. The SMILES string of the molecule is CC1CCCC(c2nc(C(C)C)n(N)c2N)C1. The molecule has 1 saturated carbocycles. The van der Waals surface area contributed by atoms with Crippen molar-refractivity contribution in [2.45, 2.75) is 58.3 Å². The van der Waals surface area contributed by atoms with Crippen LogP contribution in [-0.4, -0.2) is 9.66 Å². The van der Waals surface area contributed by atoms with Gasteiger partial charge in [-0.05, 0) is 18.8 Å². The molecule has 2 unspecified atom stereocenters. The van der Waals surface area contributed by atoms with Crippen molar-refractivity contribution in [3.8, 4) is 0 Å². The first-order chi connectivity index (χ1) is 8.00. The largest absolute Gasteiger partial charge is 0.382 e. The Balaban J connectivity index is 2.29. The summed E-state index contributed by atoms with van der Waals surface area (Å²) in [6.07, 6.45) is 5.00. The van der Waals surface area contributed by atoms with Crippen LogP contribution >= 0.6 is 0 Å². The lowest BCUT2D eigenvalue weighted by molar-refractivity contribution is 0.341.